The lowest BCUT2D eigenvalue weighted by Crippen LogP contribution is -2.21. The zero-order valence-corrected chi connectivity index (χ0v) is 23.7. The monoisotopic (exact) mass is 564 g/mol. The summed E-state index contributed by atoms with van der Waals surface area (Å²) in [5.74, 6) is -0.707. The molecule has 0 radical (unpaired) electrons. The first-order valence-electron chi connectivity index (χ1n) is 11.8. The fraction of sp³-hybridized carbons (Fsp3) is 0.133. The Morgan fingerprint density at radius 1 is 0.590 bits per heavy atom. The Bertz CT molecular complexity index is 1420. The Labute approximate surface area is 230 Å². The van der Waals surface area contributed by atoms with Crippen molar-refractivity contribution in [3.63, 3.8) is 0 Å². The third kappa shape index (κ3) is 7.83. The van der Waals surface area contributed by atoms with Crippen LogP contribution in [0.15, 0.2) is 108 Å². The molecule has 0 fully saturated rings. The molecule has 39 heavy (non-hydrogen) atoms. The van der Waals surface area contributed by atoms with E-state index in [-0.39, 0.29) is 16.8 Å². The van der Waals surface area contributed by atoms with Crippen molar-refractivity contribution in [3.8, 4) is 0 Å². The summed E-state index contributed by atoms with van der Waals surface area (Å²) < 4.78 is 36.1. The van der Waals surface area contributed by atoms with Crippen molar-refractivity contribution in [2.45, 2.75) is 11.8 Å². The molecule has 4 aromatic rings. The summed E-state index contributed by atoms with van der Waals surface area (Å²) in [6, 6.07) is 31.6. The van der Waals surface area contributed by atoms with Gasteiger partial charge >= 0.3 is 11.9 Å². The molecule has 0 aliphatic carbocycles. The van der Waals surface area contributed by atoms with Crippen LogP contribution >= 0.6 is 7.92 Å². The number of carbonyl (C=O) groups is 2. The van der Waals surface area contributed by atoms with E-state index >= 15 is 0 Å². The highest BCUT2D eigenvalue weighted by Gasteiger charge is 2.18. The molecule has 4 aromatic carbocycles. The van der Waals surface area contributed by atoms with Crippen LogP contribution in [0.2, 0.25) is 0 Å². The van der Waals surface area contributed by atoms with Crippen LogP contribution in [0, 0.1) is 6.92 Å². The number of benzene rings is 4. The van der Waals surface area contributed by atoms with Crippen molar-refractivity contribution in [3.05, 3.63) is 120 Å². The summed E-state index contributed by atoms with van der Waals surface area (Å²) in [5.41, 5.74) is 2.06. The Balaban J connectivity index is 0.000000293. The average molecular weight is 565 g/mol. The van der Waals surface area contributed by atoms with E-state index in [0.717, 1.165) is 23.3 Å². The van der Waals surface area contributed by atoms with Gasteiger partial charge in [0.05, 0.1) is 37.4 Å². The van der Waals surface area contributed by atoms with Gasteiger partial charge < -0.3 is 9.47 Å². The first-order chi connectivity index (χ1) is 18.7. The highest BCUT2D eigenvalue weighted by Crippen LogP contribution is 2.32. The predicted octanol–water partition coefficient (Wildman–Crippen LogP) is 4.35. The van der Waals surface area contributed by atoms with Gasteiger partial charge in [-0.05, 0) is 67.2 Å². The van der Waals surface area contributed by atoms with Gasteiger partial charge in [-0.1, -0.05) is 72.3 Å². The standard InChI is InChI=1S/C22H19O4P.C8H10O3S/c1-25-21(23)16-8-12-19(13-9-16)27(18-6-4-3-5-7-18)20-14-10-17(11-15-20)22(24)26-2;1-7-3-5-8(6-4-7)12(9,10)11-2/h3-15H,1-2H3;3-6H,1-2H3. The molecule has 0 unspecified atom stereocenters. The number of ether oxygens (including phenoxy) is 2. The zero-order valence-electron chi connectivity index (χ0n) is 22.0. The molecule has 0 bridgehead atoms. The number of rotatable bonds is 7. The van der Waals surface area contributed by atoms with Crippen LogP contribution in [0.4, 0.5) is 0 Å². The topological polar surface area (TPSA) is 96.0 Å². The molecule has 0 saturated heterocycles. The van der Waals surface area contributed by atoms with Crippen LogP contribution < -0.4 is 15.9 Å². The second kappa shape index (κ2) is 13.8. The van der Waals surface area contributed by atoms with Gasteiger partial charge in [-0.25, -0.2) is 9.59 Å². The van der Waals surface area contributed by atoms with Gasteiger partial charge in [-0.15, -0.1) is 0 Å². The number of hydrogen-bond donors (Lipinski definition) is 0. The van der Waals surface area contributed by atoms with E-state index in [1.807, 2.05) is 49.4 Å². The van der Waals surface area contributed by atoms with Crippen LogP contribution in [0.3, 0.4) is 0 Å². The second-order valence-electron chi connectivity index (χ2n) is 8.18. The maximum atomic E-state index is 11.7. The fourth-order valence-electron chi connectivity index (χ4n) is 3.55. The second-order valence-corrected chi connectivity index (χ2v) is 12.1. The molecule has 7 nitrogen and oxygen atoms in total. The normalized spacial score (nSPS) is 10.8. The van der Waals surface area contributed by atoms with Crippen molar-refractivity contribution in [2.24, 2.45) is 0 Å². The molecule has 0 aliphatic rings. The molecule has 0 saturated carbocycles. The van der Waals surface area contributed by atoms with Crippen molar-refractivity contribution in [1.82, 2.24) is 0 Å². The summed E-state index contributed by atoms with van der Waals surface area (Å²) >= 11 is 0. The molecular weight excluding hydrogens is 535 g/mol. The van der Waals surface area contributed by atoms with Crippen molar-refractivity contribution in [1.29, 1.82) is 0 Å². The van der Waals surface area contributed by atoms with E-state index in [0.29, 0.717) is 11.1 Å². The maximum absolute atomic E-state index is 11.7. The van der Waals surface area contributed by atoms with Crippen LogP contribution in [-0.4, -0.2) is 41.7 Å². The molecule has 0 aliphatic heterocycles. The lowest BCUT2D eigenvalue weighted by Gasteiger charge is -2.19. The van der Waals surface area contributed by atoms with Crippen molar-refractivity contribution < 1.29 is 31.7 Å². The molecule has 0 aromatic heterocycles. The van der Waals surface area contributed by atoms with Gasteiger partial charge in [0.1, 0.15) is 0 Å². The molecule has 0 amide bonds. The van der Waals surface area contributed by atoms with Crippen LogP contribution in [0.5, 0.6) is 0 Å². The Kier molecular flexibility index (Phi) is 10.5. The third-order valence-electron chi connectivity index (χ3n) is 5.64. The summed E-state index contributed by atoms with van der Waals surface area (Å²) in [4.78, 5) is 23.6. The minimum absolute atomic E-state index is 0.190. The van der Waals surface area contributed by atoms with Crippen LogP contribution in [0.1, 0.15) is 26.3 Å². The minimum Gasteiger partial charge on any atom is -0.465 e. The predicted molar refractivity (Wildman–Crippen MR) is 153 cm³/mol. The highest BCUT2D eigenvalue weighted by molar-refractivity contribution is 7.86. The van der Waals surface area contributed by atoms with E-state index in [9.17, 15) is 18.0 Å². The van der Waals surface area contributed by atoms with Crippen LogP contribution in [-0.2, 0) is 23.8 Å². The maximum Gasteiger partial charge on any atom is 0.337 e. The quantitative estimate of drug-likeness (QED) is 0.187. The Morgan fingerprint density at radius 3 is 1.38 bits per heavy atom. The molecule has 0 atom stereocenters. The number of methoxy groups -OCH3 is 2. The number of aryl methyl sites for hydroxylation is 1. The van der Waals surface area contributed by atoms with Crippen molar-refractivity contribution >= 4 is 45.9 Å². The smallest absolute Gasteiger partial charge is 0.337 e. The first-order valence-corrected chi connectivity index (χ1v) is 14.5. The number of carbonyl (C=O) groups excluding carboxylic acids is 2. The van der Waals surface area contributed by atoms with E-state index in [1.165, 1.54) is 31.7 Å². The van der Waals surface area contributed by atoms with E-state index in [2.05, 4.69) is 16.3 Å². The summed E-state index contributed by atoms with van der Waals surface area (Å²) in [6.07, 6.45) is 0. The molecule has 9 heteroatoms. The average Bonchev–Trinajstić information content (AvgIpc) is 2.98. The molecule has 4 rings (SSSR count). The zero-order chi connectivity index (χ0) is 28.4. The summed E-state index contributed by atoms with van der Waals surface area (Å²) in [6.45, 7) is 1.89. The first kappa shape index (κ1) is 29.7. The van der Waals surface area contributed by atoms with Gasteiger partial charge in [0.25, 0.3) is 10.1 Å². The summed E-state index contributed by atoms with van der Waals surface area (Å²) in [7, 11) is -0.447. The lowest BCUT2D eigenvalue weighted by atomic mass is 10.2. The Morgan fingerprint density at radius 2 is 1.00 bits per heavy atom. The molecule has 0 N–H and O–H groups in total. The van der Waals surface area contributed by atoms with Gasteiger partial charge in [-0.3, -0.25) is 4.18 Å². The minimum atomic E-state index is -3.51. The van der Waals surface area contributed by atoms with Crippen molar-refractivity contribution in [2.75, 3.05) is 21.3 Å². The molecule has 0 heterocycles. The fourth-order valence-corrected chi connectivity index (χ4v) is 6.48. The highest BCUT2D eigenvalue weighted by atomic mass is 32.2. The van der Waals surface area contributed by atoms with E-state index in [4.69, 9.17) is 9.47 Å². The van der Waals surface area contributed by atoms with E-state index in [1.54, 1.807) is 36.4 Å². The van der Waals surface area contributed by atoms with Gasteiger partial charge in [0.2, 0.25) is 0 Å². The lowest BCUT2D eigenvalue weighted by molar-refractivity contribution is 0.0592. The van der Waals surface area contributed by atoms with Gasteiger partial charge in [-0.2, -0.15) is 8.42 Å². The number of esters is 2. The molecule has 0 spiro atoms. The molecule has 202 valence electrons. The largest absolute Gasteiger partial charge is 0.465 e. The molecular formula is C30H29O7PS. The third-order valence-corrected chi connectivity index (χ3v) is 9.37. The number of hydrogen-bond acceptors (Lipinski definition) is 7. The Hall–Kier alpha value is -3.84. The van der Waals surface area contributed by atoms with E-state index < -0.39 is 18.0 Å². The van der Waals surface area contributed by atoms with Crippen LogP contribution in [0.25, 0.3) is 0 Å². The summed E-state index contributed by atoms with van der Waals surface area (Å²) in [5, 5.41) is 3.40. The SMILES string of the molecule is COC(=O)c1ccc(P(c2ccccc2)c2ccc(C(=O)OC)cc2)cc1.COS(=O)(=O)c1ccc(C)cc1. The van der Waals surface area contributed by atoms with Gasteiger partial charge in [0.15, 0.2) is 0 Å². The van der Waals surface area contributed by atoms with Gasteiger partial charge in [0, 0.05) is 0 Å².